The molecule has 1 aliphatic rings. The molecule has 2 amide bonds. The lowest BCUT2D eigenvalue weighted by molar-refractivity contribution is -0.125. The molecule has 3 atom stereocenters. The van der Waals surface area contributed by atoms with Gasteiger partial charge in [0, 0.05) is 24.2 Å². The van der Waals surface area contributed by atoms with E-state index in [0.29, 0.717) is 17.8 Å². The summed E-state index contributed by atoms with van der Waals surface area (Å²) in [5.74, 6) is -0.496. The number of carbonyl (C=O) groups is 2. The smallest absolute Gasteiger partial charge is 0.251 e. The van der Waals surface area contributed by atoms with Crippen LogP contribution in [0.25, 0.3) is 0 Å². The van der Waals surface area contributed by atoms with Gasteiger partial charge >= 0.3 is 0 Å². The molecule has 0 spiro atoms. The van der Waals surface area contributed by atoms with Crippen LogP contribution in [0.3, 0.4) is 0 Å². The number of aliphatic hydroxyl groups is 1. The van der Waals surface area contributed by atoms with Gasteiger partial charge in [-0.05, 0) is 18.2 Å². The van der Waals surface area contributed by atoms with Crippen LogP contribution in [0.1, 0.15) is 22.5 Å². The fraction of sp³-hybridized carbons (Fsp3) is 0.316. The normalized spacial score (nSPS) is 21.1. The summed E-state index contributed by atoms with van der Waals surface area (Å²) in [5.41, 5.74) is 1.17. The van der Waals surface area contributed by atoms with E-state index in [-0.39, 0.29) is 24.8 Å². The van der Waals surface area contributed by atoms with Crippen molar-refractivity contribution in [2.45, 2.75) is 31.2 Å². The Labute approximate surface area is 161 Å². The van der Waals surface area contributed by atoms with Crippen molar-refractivity contribution < 1.29 is 19.4 Å². The summed E-state index contributed by atoms with van der Waals surface area (Å²) in [4.78, 5) is 36.1. The maximum Gasteiger partial charge on any atom is 0.251 e. The number of aliphatic hydroxyl groups excluding tert-OH is 1. The highest BCUT2D eigenvalue weighted by Gasteiger charge is 2.29. The van der Waals surface area contributed by atoms with Gasteiger partial charge in [0.15, 0.2) is 0 Å². The lowest BCUT2D eigenvalue weighted by Gasteiger charge is -2.31. The number of ether oxygens (including phenoxy) is 1. The van der Waals surface area contributed by atoms with Crippen LogP contribution in [0.4, 0.5) is 0 Å². The van der Waals surface area contributed by atoms with Crippen LogP contribution in [0.2, 0.25) is 0 Å². The molecule has 0 saturated carbocycles. The lowest BCUT2D eigenvalue weighted by atomic mass is 10.0. The second kappa shape index (κ2) is 9.67. The lowest BCUT2D eigenvalue weighted by Crippen LogP contribution is -2.49. The molecule has 0 aliphatic carbocycles. The summed E-state index contributed by atoms with van der Waals surface area (Å²) >= 11 is 0. The molecule has 0 radical (unpaired) electrons. The van der Waals surface area contributed by atoms with Crippen molar-refractivity contribution in [3.63, 3.8) is 0 Å². The molecule has 3 N–H and O–H groups in total. The highest BCUT2D eigenvalue weighted by Crippen LogP contribution is 2.16. The minimum atomic E-state index is -0.643. The Kier molecular flexibility index (Phi) is 6.77. The number of nitrogens with one attached hydrogen (secondary N) is 2. The van der Waals surface area contributed by atoms with Crippen LogP contribution < -0.4 is 10.6 Å². The van der Waals surface area contributed by atoms with Gasteiger partial charge in [0.05, 0.1) is 37.4 Å². The standard InChI is InChI=1S/C19H21N5O4/c25-11-17-16(24-19(27)13-3-6-20-7-4-13)2-1-15(28-17)9-18(26)22-10-14-5-8-21-12-23-14/h1-8,12,15-17,25H,9-11H2,(H,22,26)(H,24,27)/t15-,16-,17+/m0/s1. The van der Waals surface area contributed by atoms with Crippen molar-refractivity contribution in [3.8, 4) is 0 Å². The van der Waals surface area contributed by atoms with E-state index in [0.717, 1.165) is 0 Å². The van der Waals surface area contributed by atoms with Crippen molar-refractivity contribution in [3.05, 3.63) is 66.5 Å². The molecule has 0 aromatic carbocycles. The fourth-order valence-electron chi connectivity index (χ4n) is 2.74. The molecule has 1 aliphatic heterocycles. The summed E-state index contributed by atoms with van der Waals surface area (Å²) in [6.45, 7) is 0.0104. The zero-order chi connectivity index (χ0) is 19.8. The van der Waals surface area contributed by atoms with E-state index >= 15 is 0 Å². The Morgan fingerprint density at radius 1 is 1.11 bits per heavy atom. The molecular formula is C19H21N5O4. The second-order valence-electron chi connectivity index (χ2n) is 6.20. The van der Waals surface area contributed by atoms with Gasteiger partial charge in [-0.2, -0.15) is 0 Å². The van der Waals surface area contributed by atoms with Crippen molar-refractivity contribution in [2.75, 3.05) is 6.61 Å². The van der Waals surface area contributed by atoms with Crippen LogP contribution in [0.5, 0.6) is 0 Å². The summed E-state index contributed by atoms with van der Waals surface area (Å²) in [6, 6.07) is 4.42. The van der Waals surface area contributed by atoms with Crippen molar-refractivity contribution in [1.82, 2.24) is 25.6 Å². The maximum absolute atomic E-state index is 12.3. The van der Waals surface area contributed by atoms with Crippen molar-refractivity contribution in [1.29, 1.82) is 0 Å². The Morgan fingerprint density at radius 2 is 1.89 bits per heavy atom. The summed E-state index contributed by atoms with van der Waals surface area (Å²) in [5, 5.41) is 15.2. The van der Waals surface area contributed by atoms with E-state index in [1.54, 1.807) is 36.5 Å². The van der Waals surface area contributed by atoms with Crippen molar-refractivity contribution >= 4 is 11.8 Å². The second-order valence-corrected chi connectivity index (χ2v) is 6.20. The van der Waals surface area contributed by atoms with E-state index in [2.05, 4.69) is 25.6 Å². The highest BCUT2D eigenvalue weighted by atomic mass is 16.5. The van der Waals surface area contributed by atoms with Gasteiger partial charge in [0.25, 0.3) is 5.91 Å². The molecule has 0 fully saturated rings. The third-order valence-electron chi connectivity index (χ3n) is 4.20. The molecule has 0 saturated heterocycles. The number of nitrogens with zero attached hydrogens (tertiary/aromatic N) is 3. The van der Waals surface area contributed by atoms with Gasteiger partial charge in [-0.15, -0.1) is 0 Å². The number of rotatable bonds is 7. The van der Waals surface area contributed by atoms with Gasteiger partial charge in [-0.1, -0.05) is 12.2 Å². The molecule has 0 unspecified atom stereocenters. The molecule has 146 valence electrons. The Morgan fingerprint density at radius 3 is 2.61 bits per heavy atom. The van der Waals surface area contributed by atoms with Crippen LogP contribution in [-0.4, -0.2) is 56.7 Å². The zero-order valence-electron chi connectivity index (χ0n) is 15.1. The van der Waals surface area contributed by atoms with E-state index in [4.69, 9.17) is 4.74 Å². The van der Waals surface area contributed by atoms with Gasteiger partial charge in [0.2, 0.25) is 5.91 Å². The average Bonchev–Trinajstić information content (AvgIpc) is 2.74. The first-order valence-corrected chi connectivity index (χ1v) is 8.83. The molecule has 3 heterocycles. The van der Waals surface area contributed by atoms with Crippen LogP contribution in [0.15, 0.2) is 55.3 Å². The van der Waals surface area contributed by atoms with Gasteiger partial charge in [-0.25, -0.2) is 9.97 Å². The SMILES string of the molecule is O=C(C[C@@H]1C=C[C@H](NC(=O)c2ccncc2)[C@@H](CO)O1)NCc1ccncn1. The number of hydrogen-bond donors (Lipinski definition) is 3. The number of aromatic nitrogens is 3. The summed E-state index contributed by atoms with van der Waals surface area (Å²) in [7, 11) is 0. The van der Waals surface area contributed by atoms with E-state index in [9.17, 15) is 14.7 Å². The first-order valence-electron chi connectivity index (χ1n) is 8.83. The first kappa shape index (κ1) is 19.6. The molecular weight excluding hydrogens is 362 g/mol. The number of amides is 2. The van der Waals surface area contributed by atoms with Gasteiger partial charge in [-0.3, -0.25) is 14.6 Å². The molecule has 28 heavy (non-hydrogen) atoms. The first-order chi connectivity index (χ1) is 13.7. The Bertz CT molecular complexity index is 816. The largest absolute Gasteiger partial charge is 0.394 e. The Balaban J connectivity index is 1.52. The van der Waals surface area contributed by atoms with Crippen molar-refractivity contribution in [2.24, 2.45) is 0 Å². The topological polar surface area (TPSA) is 126 Å². The summed E-state index contributed by atoms with van der Waals surface area (Å²) < 4.78 is 5.76. The van der Waals surface area contributed by atoms with E-state index in [1.165, 1.54) is 18.7 Å². The van der Waals surface area contributed by atoms with Crippen LogP contribution in [0, 0.1) is 0 Å². The summed E-state index contributed by atoms with van der Waals surface area (Å²) in [6.07, 6.45) is 8.51. The molecule has 2 aromatic heterocycles. The minimum absolute atomic E-state index is 0.100. The molecule has 9 heteroatoms. The third kappa shape index (κ3) is 5.41. The highest BCUT2D eigenvalue weighted by molar-refractivity contribution is 5.94. The fourth-order valence-corrected chi connectivity index (χ4v) is 2.74. The minimum Gasteiger partial charge on any atom is -0.394 e. The predicted octanol–water partition coefficient (Wildman–Crippen LogP) is -0.00760. The zero-order valence-corrected chi connectivity index (χ0v) is 15.1. The Hall–Kier alpha value is -3.17. The van der Waals surface area contributed by atoms with Crippen LogP contribution >= 0.6 is 0 Å². The van der Waals surface area contributed by atoms with E-state index < -0.39 is 18.2 Å². The predicted molar refractivity (Wildman–Crippen MR) is 98.9 cm³/mol. The van der Waals surface area contributed by atoms with Gasteiger partial charge in [0.1, 0.15) is 12.4 Å². The molecule has 2 aromatic rings. The van der Waals surface area contributed by atoms with Crippen LogP contribution in [-0.2, 0) is 16.1 Å². The maximum atomic E-state index is 12.3. The van der Waals surface area contributed by atoms with Gasteiger partial charge < -0.3 is 20.5 Å². The quantitative estimate of drug-likeness (QED) is 0.574. The number of pyridine rings is 1. The number of hydrogen-bond acceptors (Lipinski definition) is 7. The molecule has 0 bridgehead atoms. The number of carbonyl (C=O) groups excluding carboxylic acids is 2. The van der Waals surface area contributed by atoms with E-state index in [1.807, 2.05) is 0 Å². The monoisotopic (exact) mass is 383 g/mol. The molecule has 3 rings (SSSR count). The molecule has 9 nitrogen and oxygen atoms in total. The third-order valence-corrected chi connectivity index (χ3v) is 4.20. The average molecular weight is 383 g/mol.